The third-order valence-electron chi connectivity index (χ3n) is 3.09. The van der Waals surface area contributed by atoms with E-state index in [-0.39, 0.29) is 5.91 Å². The van der Waals surface area contributed by atoms with Gasteiger partial charge in [0.05, 0.1) is 0 Å². The van der Waals surface area contributed by atoms with E-state index in [0.717, 1.165) is 23.2 Å². The van der Waals surface area contributed by atoms with Gasteiger partial charge in [0.15, 0.2) is 0 Å². The highest BCUT2D eigenvalue weighted by molar-refractivity contribution is 6.31. The largest absolute Gasteiger partial charge is 0.321 e. The molecule has 2 heteroatoms. The van der Waals surface area contributed by atoms with Crippen LogP contribution in [-0.2, 0) is 11.2 Å². The number of anilines is 1. The van der Waals surface area contributed by atoms with Crippen LogP contribution in [0.2, 0.25) is 0 Å². The monoisotopic (exact) mass is 265 g/mol. The maximum atomic E-state index is 11.9. The predicted molar refractivity (Wildman–Crippen MR) is 84.5 cm³/mol. The molecule has 0 atom stereocenters. The van der Waals surface area contributed by atoms with Crippen LogP contribution in [0.5, 0.6) is 0 Å². The average Bonchev–Trinajstić information content (AvgIpc) is 2.84. The number of allylic oxidation sites excluding steroid dienone is 1. The van der Waals surface area contributed by atoms with Crippen molar-refractivity contribution in [3.8, 4) is 0 Å². The number of carbonyl (C=O) groups excluding carboxylic acids is 1. The number of fused-ring (bicyclic) bond motifs is 1. The van der Waals surface area contributed by atoms with Crippen molar-refractivity contribution >= 4 is 17.2 Å². The molecular weight excluding hydrogens is 246 g/mol. The maximum Gasteiger partial charge on any atom is 0.256 e. The molecule has 2 aromatic carbocycles. The second-order valence-electron chi connectivity index (χ2n) is 4.31. The first kappa shape index (κ1) is 14.1. The van der Waals surface area contributed by atoms with E-state index in [9.17, 15) is 4.79 Å². The Morgan fingerprint density at radius 3 is 2.35 bits per heavy atom. The van der Waals surface area contributed by atoms with Gasteiger partial charge in [-0.1, -0.05) is 68.5 Å². The van der Waals surface area contributed by atoms with Crippen molar-refractivity contribution < 1.29 is 4.79 Å². The number of amides is 1. The summed E-state index contributed by atoms with van der Waals surface area (Å²) < 4.78 is 0. The van der Waals surface area contributed by atoms with Gasteiger partial charge < -0.3 is 5.32 Å². The zero-order valence-corrected chi connectivity index (χ0v) is 11.9. The molecule has 0 aliphatic carbocycles. The van der Waals surface area contributed by atoms with Crippen LogP contribution in [-0.4, -0.2) is 5.91 Å². The van der Waals surface area contributed by atoms with Crippen molar-refractivity contribution in [2.45, 2.75) is 20.3 Å². The molecule has 0 saturated carbocycles. The van der Waals surface area contributed by atoms with Crippen LogP contribution in [0.3, 0.4) is 0 Å². The van der Waals surface area contributed by atoms with Gasteiger partial charge in [0, 0.05) is 16.8 Å². The summed E-state index contributed by atoms with van der Waals surface area (Å²) in [7, 11) is 0. The zero-order valence-electron chi connectivity index (χ0n) is 11.9. The topological polar surface area (TPSA) is 29.1 Å². The molecule has 0 unspecified atom stereocenters. The lowest BCUT2D eigenvalue weighted by Crippen LogP contribution is -2.03. The molecule has 1 N–H and O–H groups in total. The second kappa shape index (κ2) is 6.71. The maximum absolute atomic E-state index is 11.9. The molecule has 0 bridgehead atoms. The molecule has 0 spiro atoms. The van der Waals surface area contributed by atoms with Crippen molar-refractivity contribution in [3.05, 3.63) is 71.8 Å². The molecule has 0 radical (unpaired) electrons. The molecule has 20 heavy (non-hydrogen) atoms. The van der Waals surface area contributed by atoms with Crippen LogP contribution in [0, 0.1) is 0 Å². The average molecular weight is 265 g/mol. The summed E-state index contributed by atoms with van der Waals surface area (Å²) in [5.41, 5.74) is 3.89. The van der Waals surface area contributed by atoms with Gasteiger partial charge in [-0.2, -0.15) is 0 Å². The minimum Gasteiger partial charge on any atom is -0.321 e. The summed E-state index contributed by atoms with van der Waals surface area (Å²) in [6.07, 6.45) is 2.77. The molecule has 0 fully saturated rings. The first-order valence-electron chi connectivity index (χ1n) is 6.99. The summed E-state index contributed by atoms with van der Waals surface area (Å²) >= 11 is 0. The first-order valence-corrected chi connectivity index (χ1v) is 6.99. The predicted octanol–water partition coefficient (Wildman–Crippen LogP) is 4.29. The van der Waals surface area contributed by atoms with Crippen LogP contribution in [0.15, 0.2) is 60.7 Å². The standard InChI is InChI=1S/C16H13NO.C2H6/c18-16-14(11-10-12-6-2-1-3-7-12)13-8-4-5-9-15(13)17-16;1-2/h1-9,11H,10H2,(H,17,18);1-2H3/b14-11-;. The Bertz CT molecular complexity index is 614. The normalized spacial score (nSPS) is 14.3. The first-order chi connectivity index (χ1) is 9.84. The van der Waals surface area contributed by atoms with Gasteiger partial charge in [-0.15, -0.1) is 0 Å². The Morgan fingerprint density at radius 2 is 1.60 bits per heavy atom. The summed E-state index contributed by atoms with van der Waals surface area (Å²) in [5, 5.41) is 2.88. The molecule has 1 heterocycles. The molecule has 102 valence electrons. The highest BCUT2D eigenvalue weighted by atomic mass is 16.1. The zero-order chi connectivity index (χ0) is 14.4. The van der Waals surface area contributed by atoms with E-state index in [0.29, 0.717) is 0 Å². The molecule has 1 amide bonds. The third kappa shape index (κ3) is 2.97. The number of hydrogen-bond acceptors (Lipinski definition) is 1. The molecule has 0 saturated heterocycles. The van der Waals surface area contributed by atoms with Gasteiger partial charge in [0.1, 0.15) is 0 Å². The molecule has 1 aliphatic rings. The van der Waals surface area contributed by atoms with Crippen LogP contribution >= 0.6 is 0 Å². The Balaban J connectivity index is 0.000000704. The van der Waals surface area contributed by atoms with E-state index in [1.165, 1.54) is 5.56 Å². The van der Waals surface area contributed by atoms with Crippen molar-refractivity contribution in [2.75, 3.05) is 5.32 Å². The molecule has 2 aromatic rings. The molecule has 3 rings (SSSR count). The van der Waals surface area contributed by atoms with Gasteiger partial charge in [0.2, 0.25) is 0 Å². The Morgan fingerprint density at radius 1 is 0.950 bits per heavy atom. The van der Waals surface area contributed by atoms with Crippen molar-refractivity contribution in [1.29, 1.82) is 0 Å². The van der Waals surface area contributed by atoms with E-state index in [2.05, 4.69) is 17.4 Å². The van der Waals surface area contributed by atoms with Crippen LogP contribution in [0.4, 0.5) is 5.69 Å². The van der Waals surface area contributed by atoms with Crippen molar-refractivity contribution in [1.82, 2.24) is 0 Å². The second-order valence-corrected chi connectivity index (χ2v) is 4.31. The Kier molecular flexibility index (Phi) is 4.72. The fourth-order valence-corrected chi connectivity index (χ4v) is 2.18. The Hall–Kier alpha value is -2.35. The van der Waals surface area contributed by atoms with Crippen molar-refractivity contribution in [2.24, 2.45) is 0 Å². The summed E-state index contributed by atoms with van der Waals surface area (Å²) in [6.45, 7) is 4.00. The minimum absolute atomic E-state index is 0.00729. The van der Waals surface area contributed by atoms with Gasteiger partial charge >= 0.3 is 0 Å². The van der Waals surface area contributed by atoms with Gasteiger partial charge in [-0.3, -0.25) is 4.79 Å². The number of rotatable bonds is 2. The van der Waals surface area contributed by atoms with Crippen LogP contribution < -0.4 is 5.32 Å². The summed E-state index contributed by atoms with van der Waals surface area (Å²) in [4.78, 5) is 11.9. The van der Waals surface area contributed by atoms with Gasteiger partial charge in [-0.05, 0) is 18.1 Å². The van der Waals surface area contributed by atoms with E-state index >= 15 is 0 Å². The number of carbonyl (C=O) groups is 1. The Labute approximate surface area is 120 Å². The molecule has 0 aromatic heterocycles. The molecule has 2 nitrogen and oxygen atoms in total. The van der Waals surface area contributed by atoms with E-state index in [1.807, 2.05) is 62.4 Å². The van der Waals surface area contributed by atoms with Crippen LogP contribution in [0.25, 0.3) is 5.57 Å². The summed E-state index contributed by atoms with van der Waals surface area (Å²) in [6, 6.07) is 17.9. The minimum atomic E-state index is -0.00729. The lowest BCUT2D eigenvalue weighted by atomic mass is 10.0. The smallest absolute Gasteiger partial charge is 0.256 e. The lowest BCUT2D eigenvalue weighted by molar-refractivity contribution is -0.110. The fraction of sp³-hybridized carbons (Fsp3) is 0.167. The lowest BCUT2D eigenvalue weighted by Gasteiger charge is -1.98. The highest BCUT2D eigenvalue weighted by Crippen LogP contribution is 2.31. The van der Waals surface area contributed by atoms with E-state index < -0.39 is 0 Å². The molecular formula is C18H19NO. The summed E-state index contributed by atoms with van der Waals surface area (Å²) in [5.74, 6) is -0.00729. The fourth-order valence-electron chi connectivity index (χ4n) is 2.18. The molecule has 1 aliphatic heterocycles. The van der Waals surface area contributed by atoms with E-state index in [1.54, 1.807) is 0 Å². The number of nitrogens with one attached hydrogen (secondary N) is 1. The number of para-hydroxylation sites is 1. The van der Waals surface area contributed by atoms with E-state index in [4.69, 9.17) is 0 Å². The quantitative estimate of drug-likeness (QED) is 0.806. The number of benzene rings is 2. The SMILES string of the molecule is CC.O=C1Nc2ccccc2/C1=C/Cc1ccccc1. The number of hydrogen-bond donors (Lipinski definition) is 1. The van der Waals surface area contributed by atoms with Gasteiger partial charge in [0.25, 0.3) is 5.91 Å². The van der Waals surface area contributed by atoms with Crippen LogP contribution in [0.1, 0.15) is 25.0 Å². The van der Waals surface area contributed by atoms with Crippen molar-refractivity contribution in [3.63, 3.8) is 0 Å². The third-order valence-corrected chi connectivity index (χ3v) is 3.09. The highest BCUT2D eigenvalue weighted by Gasteiger charge is 2.22. The van der Waals surface area contributed by atoms with Gasteiger partial charge in [-0.25, -0.2) is 0 Å².